The predicted molar refractivity (Wildman–Crippen MR) is 56.9 cm³/mol. The van der Waals surface area contributed by atoms with Crippen molar-refractivity contribution >= 4 is 5.91 Å². The lowest BCUT2D eigenvalue weighted by Gasteiger charge is -2.24. The Morgan fingerprint density at radius 3 is 2.27 bits per heavy atom. The van der Waals surface area contributed by atoms with Gasteiger partial charge in [-0.05, 0) is 13.8 Å². The lowest BCUT2D eigenvalue weighted by Crippen LogP contribution is -2.33. The van der Waals surface area contributed by atoms with Crippen LogP contribution in [0.3, 0.4) is 0 Å². The second-order valence-corrected chi connectivity index (χ2v) is 3.71. The van der Waals surface area contributed by atoms with Gasteiger partial charge in [-0.15, -0.1) is 0 Å². The molecule has 0 aromatic heterocycles. The molecular weight excluding hydrogens is 194 g/mol. The third kappa shape index (κ3) is 3.15. The Balaban J connectivity index is 2.33. The predicted octanol–water partition coefficient (Wildman–Crippen LogP) is 1.87. The van der Waals surface area contributed by atoms with Crippen molar-refractivity contribution in [2.45, 2.75) is 39.4 Å². The van der Waals surface area contributed by atoms with E-state index < -0.39 is 5.79 Å². The van der Waals surface area contributed by atoms with Gasteiger partial charge in [0, 0.05) is 32.9 Å². The highest BCUT2D eigenvalue weighted by Gasteiger charge is 2.30. The van der Waals surface area contributed by atoms with Crippen LogP contribution >= 0.6 is 0 Å². The Morgan fingerprint density at radius 2 is 1.80 bits per heavy atom. The molecule has 0 N–H and O–H groups in total. The molecule has 0 aromatic carbocycles. The molecule has 0 fully saturated rings. The molecule has 1 aliphatic rings. The normalized spacial score (nSPS) is 17.0. The Labute approximate surface area is 90.8 Å². The maximum atomic E-state index is 11.7. The molecule has 0 aliphatic carbocycles. The monoisotopic (exact) mass is 213 g/mol. The smallest absolute Gasteiger partial charge is 0.247 e. The number of nitrogens with zero attached hydrogens (tertiary/aromatic N) is 1. The van der Waals surface area contributed by atoms with E-state index in [1.807, 2.05) is 25.7 Å². The molecular formula is C11H19NO3. The van der Waals surface area contributed by atoms with Crippen molar-refractivity contribution in [2.24, 2.45) is 0 Å². The van der Waals surface area contributed by atoms with Crippen molar-refractivity contribution < 1.29 is 14.3 Å². The van der Waals surface area contributed by atoms with Gasteiger partial charge in [-0.2, -0.15) is 0 Å². The summed E-state index contributed by atoms with van der Waals surface area (Å²) in [5.41, 5.74) is 0. The van der Waals surface area contributed by atoms with Crippen molar-refractivity contribution in [2.75, 3.05) is 13.1 Å². The van der Waals surface area contributed by atoms with Gasteiger partial charge in [0.05, 0.1) is 0 Å². The molecule has 0 radical (unpaired) electrons. The van der Waals surface area contributed by atoms with E-state index in [-0.39, 0.29) is 5.91 Å². The average molecular weight is 213 g/mol. The van der Waals surface area contributed by atoms with Gasteiger partial charge in [-0.25, -0.2) is 0 Å². The number of carbonyl (C=O) groups excluding carboxylic acids is 1. The minimum Gasteiger partial charge on any atom is -0.457 e. The summed E-state index contributed by atoms with van der Waals surface area (Å²) in [4.78, 5) is 13.5. The van der Waals surface area contributed by atoms with E-state index in [9.17, 15) is 4.79 Å². The fraction of sp³-hybridized carbons (Fsp3) is 0.727. The molecule has 0 unspecified atom stereocenters. The first-order chi connectivity index (χ1) is 7.11. The highest BCUT2D eigenvalue weighted by molar-refractivity contribution is 5.76. The van der Waals surface area contributed by atoms with E-state index in [1.165, 1.54) is 12.5 Å². The van der Waals surface area contributed by atoms with Gasteiger partial charge < -0.3 is 14.4 Å². The second kappa shape index (κ2) is 5.05. The summed E-state index contributed by atoms with van der Waals surface area (Å²) < 4.78 is 10.5. The van der Waals surface area contributed by atoms with E-state index in [4.69, 9.17) is 9.47 Å². The third-order valence-corrected chi connectivity index (χ3v) is 2.60. The molecule has 0 spiro atoms. The third-order valence-electron chi connectivity index (χ3n) is 2.60. The number of carbonyl (C=O) groups is 1. The van der Waals surface area contributed by atoms with Crippen LogP contribution in [0.4, 0.5) is 0 Å². The van der Waals surface area contributed by atoms with Gasteiger partial charge in [0.1, 0.15) is 12.5 Å². The minimum absolute atomic E-state index is 0.153. The van der Waals surface area contributed by atoms with E-state index in [0.717, 1.165) is 13.1 Å². The van der Waals surface area contributed by atoms with Crippen molar-refractivity contribution in [3.8, 4) is 0 Å². The molecule has 1 rings (SSSR count). The van der Waals surface area contributed by atoms with E-state index in [0.29, 0.717) is 12.8 Å². The first-order valence-corrected chi connectivity index (χ1v) is 5.39. The first kappa shape index (κ1) is 11.9. The van der Waals surface area contributed by atoms with Crippen molar-refractivity contribution in [3.63, 3.8) is 0 Å². The quantitative estimate of drug-likeness (QED) is 0.699. The van der Waals surface area contributed by atoms with E-state index in [1.54, 1.807) is 0 Å². The topological polar surface area (TPSA) is 38.8 Å². The summed E-state index contributed by atoms with van der Waals surface area (Å²) in [5.74, 6) is -0.497. The van der Waals surface area contributed by atoms with Gasteiger partial charge in [0.15, 0.2) is 0 Å². The Kier molecular flexibility index (Phi) is 4.00. The number of rotatable bonds is 5. The SMILES string of the molecule is CCN(CC)C(=O)CCC1(C)OC=CO1. The average Bonchev–Trinajstić information content (AvgIpc) is 2.65. The van der Waals surface area contributed by atoms with E-state index >= 15 is 0 Å². The van der Waals surface area contributed by atoms with Gasteiger partial charge >= 0.3 is 0 Å². The van der Waals surface area contributed by atoms with Crippen LogP contribution in [0.25, 0.3) is 0 Å². The van der Waals surface area contributed by atoms with Crippen molar-refractivity contribution in [1.29, 1.82) is 0 Å². The first-order valence-electron chi connectivity index (χ1n) is 5.39. The summed E-state index contributed by atoms with van der Waals surface area (Å²) >= 11 is 0. The fourth-order valence-electron chi connectivity index (χ4n) is 1.56. The second-order valence-electron chi connectivity index (χ2n) is 3.71. The maximum Gasteiger partial charge on any atom is 0.247 e. The van der Waals surface area contributed by atoms with Crippen LogP contribution in [0, 0.1) is 0 Å². The van der Waals surface area contributed by atoms with Gasteiger partial charge in [0.25, 0.3) is 0 Å². The van der Waals surface area contributed by atoms with Crippen LogP contribution in [0.2, 0.25) is 0 Å². The highest BCUT2D eigenvalue weighted by atomic mass is 16.7. The maximum absolute atomic E-state index is 11.7. The largest absolute Gasteiger partial charge is 0.457 e. The molecule has 86 valence electrons. The standard InChI is InChI=1S/C11H19NO3/c1-4-12(5-2)10(13)6-7-11(3)14-8-9-15-11/h8-9H,4-7H2,1-3H3. The minimum atomic E-state index is -0.650. The highest BCUT2D eigenvalue weighted by Crippen LogP contribution is 2.25. The van der Waals surface area contributed by atoms with Gasteiger partial charge in [-0.1, -0.05) is 0 Å². The van der Waals surface area contributed by atoms with E-state index in [2.05, 4.69) is 0 Å². The van der Waals surface area contributed by atoms with Crippen LogP contribution in [0.15, 0.2) is 12.5 Å². The number of amides is 1. The number of ether oxygens (including phenoxy) is 2. The van der Waals surface area contributed by atoms with Crippen LogP contribution in [-0.2, 0) is 14.3 Å². The Morgan fingerprint density at radius 1 is 1.27 bits per heavy atom. The molecule has 0 atom stereocenters. The van der Waals surface area contributed by atoms with Crippen LogP contribution in [0.1, 0.15) is 33.6 Å². The zero-order valence-corrected chi connectivity index (χ0v) is 9.66. The fourth-order valence-corrected chi connectivity index (χ4v) is 1.56. The Bertz CT molecular complexity index is 238. The lowest BCUT2D eigenvalue weighted by atomic mass is 10.1. The zero-order valence-electron chi connectivity index (χ0n) is 9.66. The van der Waals surface area contributed by atoms with Crippen LogP contribution in [-0.4, -0.2) is 29.7 Å². The molecule has 4 nitrogen and oxygen atoms in total. The lowest BCUT2D eigenvalue weighted by molar-refractivity contribution is -0.145. The molecule has 4 heteroatoms. The molecule has 1 heterocycles. The summed E-state index contributed by atoms with van der Waals surface area (Å²) in [6.07, 6.45) is 4.07. The Hall–Kier alpha value is -1.19. The molecule has 15 heavy (non-hydrogen) atoms. The molecule has 0 aromatic rings. The molecule has 0 saturated carbocycles. The number of hydrogen-bond donors (Lipinski definition) is 0. The summed E-state index contributed by atoms with van der Waals surface area (Å²) in [6, 6.07) is 0. The van der Waals surface area contributed by atoms with Gasteiger partial charge in [0.2, 0.25) is 11.7 Å². The summed E-state index contributed by atoms with van der Waals surface area (Å²) in [5, 5.41) is 0. The molecule has 1 amide bonds. The molecule has 0 saturated heterocycles. The van der Waals surface area contributed by atoms with Crippen molar-refractivity contribution in [3.05, 3.63) is 12.5 Å². The van der Waals surface area contributed by atoms with Gasteiger partial charge in [-0.3, -0.25) is 4.79 Å². The van der Waals surface area contributed by atoms with Crippen molar-refractivity contribution in [1.82, 2.24) is 4.90 Å². The zero-order chi connectivity index (χ0) is 11.3. The number of hydrogen-bond acceptors (Lipinski definition) is 3. The summed E-state index contributed by atoms with van der Waals surface area (Å²) in [7, 11) is 0. The summed E-state index contributed by atoms with van der Waals surface area (Å²) in [6.45, 7) is 7.31. The van der Waals surface area contributed by atoms with Crippen LogP contribution < -0.4 is 0 Å². The molecule has 1 aliphatic heterocycles. The molecule has 0 bridgehead atoms. The van der Waals surface area contributed by atoms with Crippen LogP contribution in [0.5, 0.6) is 0 Å².